The standard InChI is InChI=1S/C28H21FN4O3/c29-20-10-11-24-22(13-20)25(26(36-24)27(34)32-23-9-5-4-6-17(23)14-30)19-12-18(15-31)28(35)33(16-19)21-7-2-1-3-8-21/h4-6,9-13,16,21H,1-3,7-8H2,(H,32,34). The third-order valence-electron chi connectivity index (χ3n) is 6.57. The molecule has 178 valence electrons. The molecule has 0 aliphatic heterocycles. The second kappa shape index (κ2) is 9.52. The minimum absolute atomic E-state index is 0.0621. The van der Waals surface area contributed by atoms with Crippen molar-refractivity contribution < 1.29 is 13.6 Å². The van der Waals surface area contributed by atoms with Crippen molar-refractivity contribution in [3.05, 3.63) is 87.8 Å². The summed E-state index contributed by atoms with van der Waals surface area (Å²) in [6, 6.07) is 15.8. The largest absolute Gasteiger partial charge is 0.450 e. The number of furan rings is 1. The van der Waals surface area contributed by atoms with Crippen LogP contribution in [-0.4, -0.2) is 10.5 Å². The fourth-order valence-electron chi connectivity index (χ4n) is 4.83. The van der Waals surface area contributed by atoms with Crippen molar-refractivity contribution in [1.29, 1.82) is 10.5 Å². The van der Waals surface area contributed by atoms with Crippen LogP contribution in [0.5, 0.6) is 0 Å². The van der Waals surface area contributed by atoms with E-state index in [4.69, 9.17) is 4.42 Å². The second-order valence-electron chi connectivity index (χ2n) is 8.82. The lowest BCUT2D eigenvalue weighted by Crippen LogP contribution is -2.28. The zero-order chi connectivity index (χ0) is 25.2. The number of carbonyl (C=O) groups excluding carboxylic acids is 1. The number of pyridine rings is 1. The summed E-state index contributed by atoms with van der Waals surface area (Å²) < 4.78 is 21.7. The molecule has 0 saturated heterocycles. The molecule has 2 heterocycles. The van der Waals surface area contributed by atoms with E-state index in [1.54, 1.807) is 35.0 Å². The first-order valence-corrected chi connectivity index (χ1v) is 11.7. The van der Waals surface area contributed by atoms with E-state index in [-0.39, 0.29) is 39.6 Å². The van der Waals surface area contributed by atoms with E-state index in [0.29, 0.717) is 16.6 Å². The molecule has 8 heteroatoms. The van der Waals surface area contributed by atoms with Gasteiger partial charge in [0.25, 0.3) is 11.5 Å². The molecule has 1 aliphatic carbocycles. The van der Waals surface area contributed by atoms with Crippen LogP contribution in [0.3, 0.4) is 0 Å². The number of amides is 1. The molecular formula is C28H21FN4O3. The van der Waals surface area contributed by atoms with Gasteiger partial charge in [-0.1, -0.05) is 31.4 Å². The van der Waals surface area contributed by atoms with Gasteiger partial charge in [0.1, 0.15) is 29.1 Å². The van der Waals surface area contributed by atoms with Gasteiger partial charge in [-0.15, -0.1) is 0 Å². The Morgan fingerprint density at radius 2 is 1.78 bits per heavy atom. The SMILES string of the molecule is N#Cc1ccccc1NC(=O)c1oc2ccc(F)cc2c1-c1cc(C#N)c(=O)n(C2CCCCC2)c1. The minimum Gasteiger partial charge on any atom is -0.450 e. The maximum Gasteiger partial charge on any atom is 0.292 e. The van der Waals surface area contributed by atoms with Gasteiger partial charge in [0.2, 0.25) is 5.76 Å². The molecule has 2 aromatic heterocycles. The summed E-state index contributed by atoms with van der Waals surface area (Å²) in [5, 5.41) is 22.1. The smallest absolute Gasteiger partial charge is 0.292 e. The summed E-state index contributed by atoms with van der Waals surface area (Å²) in [7, 11) is 0. The molecule has 0 atom stereocenters. The molecule has 1 saturated carbocycles. The Morgan fingerprint density at radius 1 is 1.03 bits per heavy atom. The number of aromatic nitrogens is 1. The average Bonchev–Trinajstić information content (AvgIpc) is 3.28. The predicted molar refractivity (Wildman–Crippen MR) is 132 cm³/mol. The fraction of sp³-hybridized carbons (Fsp3) is 0.214. The molecule has 0 radical (unpaired) electrons. The van der Waals surface area contributed by atoms with Crippen LogP contribution >= 0.6 is 0 Å². The summed E-state index contributed by atoms with van der Waals surface area (Å²) >= 11 is 0. The number of carbonyl (C=O) groups is 1. The first kappa shape index (κ1) is 23.1. The monoisotopic (exact) mass is 480 g/mol. The quantitative estimate of drug-likeness (QED) is 0.391. The number of para-hydroxylation sites is 1. The maximum atomic E-state index is 14.3. The Balaban J connectivity index is 1.70. The summed E-state index contributed by atoms with van der Waals surface area (Å²) in [6.45, 7) is 0. The number of fused-ring (bicyclic) bond motifs is 1. The molecule has 1 aliphatic rings. The summed E-state index contributed by atoms with van der Waals surface area (Å²) in [5.41, 5.74) is 1.07. The molecule has 36 heavy (non-hydrogen) atoms. The van der Waals surface area contributed by atoms with E-state index < -0.39 is 11.7 Å². The fourth-order valence-corrected chi connectivity index (χ4v) is 4.83. The highest BCUT2D eigenvalue weighted by molar-refractivity contribution is 6.13. The Morgan fingerprint density at radius 3 is 2.53 bits per heavy atom. The van der Waals surface area contributed by atoms with Crippen LogP contribution in [0.4, 0.5) is 10.1 Å². The van der Waals surface area contributed by atoms with Crippen molar-refractivity contribution in [2.45, 2.75) is 38.1 Å². The molecule has 1 N–H and O–H groups in total. The number of hydrogen-bond donors (Lipinski definition) is 1. The summed E-state index contributed by atoms with van der Waals surface area (Å²) in [4.78, 5) is 26.4. The zero-order valence-electron chi connectivity index (χ0n) is 19.3. The second-order valence-corrected chi connectivity index (χ2v) is 8.82. The number of halogens is 1. The van der Waals surface area contributed by atoms with Crippen molar-refractivity contribution in [1.82, 2.24) is 4.57 Å². The third kappa shape index (κ3) is 4.14. The molecule has 1 amide bonds. The highest BCUT2D eigenvalue weighted by atomic mass is 19.1. The van der Waals surface area contributed by atoms with Gasteiger partial charge < -0.3 is 14.3 Å². The van der Waals surface area contributed by atoms with E-state index in [1.165, 1.54) is 24.3 Å². The van der Waals surface area contributed by atoms with Gasteiger partial charge in [-0.3, -0.25) is 9.59 Å². The van der Waals surface area contributed by atoms with Crippen molar-refractivity contribution in [2.24, 2.45) is 0 Å². The van der Waals surface area contributed by atoms with Crippen LogP contribution in [0.15, 0.2) is 63.9 Å². The van der Waals surface area contributed by atoms with Crippen molar-refractivity contribution in [3.8, 4) is 23.3 Å². The van der Waals surface area contributed by atoms with Gasteiger partial charge >= 0.3 is 0 Å². The molecular weight excluding hydrogens is 459 g/mol. The third-order valence-corrected chi connectivity index (χ3v) is 6.57. The average molecular weight is 480 g/mol. The number of nitrogens with zero attached hydrogens (tertiary/aromatic N) is 3. The molecule has 1 fully saturated rings. The number of rotatable bonds is 4. The zero-order valence-corrected chi connectivity index (χ0v) is 19.3. The Kier molecular flexibility index (Phi) is 6.10. The van der Waals surface area contributed by atoms with Crippen LogP contribution in [0.25, 0.3) is 22.1 Å². The van der Waals surface area contributed by atoms with E-state index in [0.717, 1.165) is 32.1 Å². The van der Waals surface area contributed by atoms with Crippen molar-refractivity contribution in [3.63, 3.8) is 0 Å². The number of nitrogens with one attached hydrogen (secondary N) is 1. The van der Waals surface area contributed by atoms with Gasteiger partial charge in [-0.05, 0) is 49.2 Å². The van der Waals surface area contributed by atoms with Crippen LogP contribution in [0.2, 0.25) is 0 Å². The summed E-state index contributed by atoms with van der Waals surface area (Å²) in [5.74, 6) is -1.27. The molecule has 0 bridgehead atoms. The Hall–Kier alpha value is -4.69. The van der Waals surface area contributed by atoms with E-state index in [9.17, 15) is 24.5 Å². The first-order chi connectivity index (χ1) is 17.5. The molecule has 4 aromatic rings. The van der Waals surface area contributed by atoms with E-state index in [2.05, 4.69) is 5.32 Å². The number of nitriles is 2. The van der Waals surface area contributed by atoms with Gasteiger partial charge in [0, 0.05) is 28.8 Å². The minimum atomic E-state index is -0.641. The number of hydrogen-bond acceptors (Lipinski definition) is 5. The van der Waals surface area contributed by atoms with Gasteiger partial charge in [-0.25, -0.2) is 4.39 Å². The van der Waals surface area contributed by atoms with Crippen LogP contribution in [0, 0.1) is 28.5 Å². The molecule has 0 spiro atoms. The maximum absolute atomic E-state index is 14.3. The molecule has 2 aromatic carbocycles. The van der Waals surface area contributed by atoms with Gasteiger partial charge in [0.15, 0.2) is 0 Å². The van der Waals surface area contributed by atoms with Crippen molar-refractivity contribution in [2.75, 3.05) is 5.32 Å². The number of anilines is 1. The predicted octanol–water partition coefficient (Wildman–Crippen LogP) is 5.90. The van der Waals surface area contributed by atoms with Crippen molar-refractivity contribution >= 4 is 22.6 Å². The topological polar surface area (TPSA) is 112 Å². The molecule has 5 rings (SSSR count). The van der Waals surface area contributed by atoms with Gasteiger partial charge in [0.05, 0.1) is 11.3 Å². The molecule has 0 unspecified atom stereocenters. The van der Waals surface area contributed by atoms with Crippen LogP contribution in [0.1, 0.15) is 59.8 Å². The van der Waals surface area contributed by atoms with E-state index >= 15 is 0 Å². The van der Waals surface area contributed by atoms with Crippen LogP contribution in [-0.2, 0) is 0 Å². The first-order valence-electron chi connectivity index (χ1n) is 11.7. The summed E-state index contributed by atoms with van der Waals surface area (Å²) in [6.07, 6.45) is 6.31. The lowest BCUT2D eigenvalue weighted by atomic mass is 9.94. The lowest BCUT2D eigenvalue weighted by molar-refractivity contribution is 0.0999. The van der Waals surface area contributed by atoms with Gasteiger partial charge in [-0.2, -0.15) is 10.5 Å². The van der Waals surface area contributed by atoms with E-state index in [1.807, 2.05) is 12.1 Å². The Bertz CT molecular complexity index is 1630. The van der Waals surface area contributed by atoms with Crippen LogP contribution < -0.4 is 10.9 Å². The molecule has 7 nitrogen and oxygen atoms in total. The highest BCUT2D eigenvalue weighted by Crippen LogP contribution is 2.37. The highest BCUT2D eigenvalue weighted by Gasteiger charge is 2.26. The Labute approximate surface area is 206 Å². The normalized spacial score (nSPS) is 13.8. The lowest BCUT2D eigenvalue weighted by Gasteiger charge is -2.24. The number of benzene rings is 2.